The summed E-state index contributed by atoms with van der Waals surface area (Å²) in [6, 6.07) is 5.36. The lowest BCUT2D eigenvalue weighted by molar-refractivity contribution is -0.0768. The molecule has 0 amide bonds. The van der Waals surface area contributed by atoms with E-state index >= 15 is 0 Å². The fourth-order valence-corrected chi connectivity index (χ4v) is 2.17. The Bertz CT molecular complexity index is 522. The van der Waals surface area contributed by atoms with Gasteiger partial charge >= 0.3 is 0 Å². The van der Waals surface area contributed by atoms with Gasteiger partial charge in [0.25, 0.3) is 0 Å². The van der Waals surface area contributed by atoms with Crippen LogP contribution in [0.2, 0.25) is 10.0 Å². The molecule has 0 spiro atoms. The third-order valence-corrected chi connectivity index (χ3v) is 3.35. The predicted molar refractivity (Wildman–Crippen MR) is 91.7 cm³/mol. The molecule has 0 fully saturated rings. The van der Waals surface area contributed by atoms with Crippen LogP contribution in [0.4, 0.5) is 5.69 Å². The van der Waals surface area contributed by atoms with E-state index in [1.54, 1.807) is 23.3 Å². The van der Waals surface area contributed by atoms with Crippen LogP contribution in [0.1, 0.15) is 13.8 Å². The molecule has 21 heavy (non-hydrogen) atoms. The molecule has 116 valence electrons. The molecule has 0 aromatic heterocycles. The maximum atomic E-state index is 6.13. The van der Waals surface area contributed by atoms with Crippen LogP contribution in [0.25, 0.3) is 0 Å². The van der Waals surface area contributed by atoms with Gasteiger partial charge < -0.3 is 5.32 Å². The highest BCUT2D eigenvalue weighted by Crippen LogP contribution is 2.30. The molecule has 1 aliphatic rings. The van der Waals surface area contributed by atoms with E-state index in [9.17, 15) is 0 Å². The van der Waals surface area contributed by atoms with E-state index in [4.69, 9.17) is 28.0 Å². The molecule has 0 radical (unpaired) electrons. The summed E-state index contributed by atoms with van der Waals surface area (Å²) in [4.78, 5) is 10.0. The second-order valence-electron chi connectivity index (χ2n) is 4.61. The smallest absolute Gasteiger partial charge is 0.223 e. The zero-order valence-electron chi connectivity index (χ0n) is 11.9. The summed E-state index contributed by atoms with van der Waals surface area (Å²) in [7, 11) is 0. The van der Waals surface area contributed by atoms with Crippen LogP contribution in [0, 0.1) is 0 Å². The molecule has 0 saturated carbocycles. The lowest BCUT2D eigenvalue weighted by Crippen LogP contribution is -2.33. The Morgan fingerprint density at radius 1 is 1.38 bits per heavy atom. The highest BCUT2D eigenvalue weighted by Gasteiger charge is 2.19. The number of nitrogens with zero attached hydrogens (tertiary/aromatic N) is 2. The van der Waals surface area contributed by atoms with Crippen molar-refractivity contribution in [3.05, 3.63) is 39.9 Å². The number of para-hydroxylation sites is 1. The molecule has 1 N–H and O–H groups in total. The van der Waals surface area contributed by atoms with Crippen molar-refractivity contribution in [1.82, 2.24) is 5.06 Å². The highest BCUT2D eigenvalue weighted by atomic mass is 35.5. The molecule has 4 nitrogen and oxygen atoms in total. The maximum Gasteiger partial charge on any atom is 0.223 e. The third kappa shape index (κ3) is 5.08. The van der Waals surface area contributed by atoms with Crippen LogP contribution < -0.4 is 5.32 Å². The van der Waals surface area contributed by atoms with Crippen LogP contribution in [-0.2, 0) is 4.84 Å². The van der Waals surface area contributed by atoms with Gasteiger partial charge in [0.15, 0.2) is 0 Å². The Hall–Kier alpha value is -0.940. The lowest BCUT2D eigenvalue weighted by Gasteiger charge is -2.20. The van der Waals surface area contributed by atoms with Gasteiger partial charge in [0, 0.05) is 0 Å². The first-order chi connectivity index (χ1) is 9.58. The molecule has 0 bridgehead atoms. The molecule has 7 heteroatoms. The van der Waals surface area contributed by atoms with Gasteiger partial charge in [0.05, 0.1) is 35.4 Å². The summed E-state index contributed by atoms with van der Waals surface area (Å²) < 4.78 is 0. The molecule has 0 atom stereocenters. The molecular formula is C14H18Cl3N3O. The first-order valence-corrected chi connectivity index (χ1v) is 7.13. The SMILES string of the molecule is CC(C)=CCON1CCN=C1Nc1c(Cl)cccc1Cl.Cl. The van der Waals surface area contributed by atoms with Gasteiger partial charge in [-0.15, -0.1) is 12.4 Å². The highest BCUT2D eigenvalue weighted by molar-refractivity contribution is 6.39. The second-order valence-corrected chi connectivity index (χ2v) is 5.42. The molecule has 1 aromatic rings. The van der Waals surface area contributed by atoms with Crippen molar-refractivity contribution in [1.29, 1.82) is 0 Å². The number of hydrogen-bond donors (Lipinski definition) is 1. The number of hydroxylamine groups is 2. The van der Waals surface area contributed by atoms with Crippen molar-refractivity contribution >= 4 is 47.3 Å². The molecule has 1 aromatic carbocycles. The first-order valence-electron chi connectivity index (χ1n) is 6.37. The zero-order chi connectivity index (χ0) is 14.5. The largest absolute Gasteiger partial charge is 0.322 e. The average Bonchev–Trinajstić information content (AvgIpc) is 2.81. The lowest BCUT2D eigenvalue weighted by atomic mass is 10.3. The topological polar surface area (TPSA) is 36.9 Å². The van der Waals surface area contributed by atoms with Gasteiger partial charge in [-0.25, -0.2) is 10.1 Å². The van der Waals surface area contributed by atoms with Crippen molar-refractivity contribution in [3.63, 3.8) is 0 Å². The first kappa shape index (κ1) is 18.1. The van der Waals surface area contributed by atoms with Crippen molar-refractivity contribution in [2.75, 3.05) is 25.0 Å². The molecule has 1 aliphatic heterocycles. The number of anilines is 1. The molecule has 0 aliphatic carbocycles. The predicted octanol–water partition coefficient (Wildman–Crippen LogP) is 4.40. The van der Waals surface area contributed by atoms with Gasteiger partial charge in [-0.1, -0.05) is 40.9 Å². The van der Waals surface area contributed by atoms with Crippen LogP contribution in [0.3, 0.4) is 0 Å². The number of guanidine groups is 1. The zero-order valence-corrected chi connectivity index (χ0v) is 14.2. The minimum Gasteiger partial charge on any atom is -0.322 e. The fourth-order valence-electron chi connectivity index (χ4n) is 1.68. The summed E-state index contributed by atoms with van der Waals surface area (Å²) in [6.07, 6.45) is 2.01. The minimum atomic E-state index is 0. The number of nitrogens with one attached hydrogen (secondary N) is 1. The monoisotopic (exact) mass is 349 g/mol. The van der Waals surface area contributed by atoms with E-state index in [1.165, 1.54) is 5.57 Å². The number of benzene rings is 1. The fraction of sp³-hybridized carbons (Fsp3) is 0.357. The summed E-state index contributed by atoms with van der Waals surface area (Å²) >= 11 is 12.3. The van der Waals surface area contributed by atoms with Gasteiger partial charge in [0.1, 0.15) is 0 Å². The van der Waals surface area contributed by atoms with E-state index in [0.717, 1.165) is 0 Å². The maximum absolute atomic E-state index is 6.13. The van der Waals surface area contributed by atoms with E-state index in [0.29, 0.717) is 41.4 Å². The molecule has 1 heterocycles. The summed E-state index contributed by atoms with van der Waals surface area (Å²) in [6.45, 7) is 5.97. The third-order valence-electron chi connectivity index (χ3n) is 2.72. The Morgan fingerprint density at radius 2 is 2.05 bits per heavy atom. The van der Waals surface area contributed by atoms with Crippen molar-refractivity contribution < 1.29 is 4.84 Å². The minimum absolute atomic E-state index is 0. The van der Waals surface area contributed by atoms with Gasteiger partial charge in [-0.05, 0) is 26.0 Å². The summed E-state index contributed by atoms with van der Waals surface area (Å²) in [5, 5.41) is 5.96. The molecule has 2 rings (SSSR count). The van der Waals surface area contributed by atoms with Gasteiger partial charge in [0.2, 0.25) is 5.96 Å². The number of allylic oxidation sites excluding steroid dienone is 1. The Morgan fingerprint density at radius 3 is 2.67 bits per heavy atom. The average molecular weight is 351 g/mol. The molecular weight excluding hydrogens is 333 g/mol. The second kappa shape index (κ2) is 8.49. The Labute approximate surface area is 141 Å². The number of aliphatic imine (C=N–C) groups is 1. The quantitative estimate of drug-likeness (QED) is 0.818. The van der Waals surface area contributed by atoms with E-state index in [2.05, 4.69) is 10.3 Å². The normalized spacial score (nSPS) is 13.5. The Balaban J connectivity index is 0.00000220. The van der Waals surface area contributed by atoms with Gasteiger partial charge in [-0.3, -0.25) is 4.84 Å². The van der Waals surface area contributed by atoms with Crippen LogP contribution >= 0.6 is 35.6 Å². The van der Waals surface area contributed by atoms with Crippen molar-refractivity contribution in [3.8, 4) is 0 Å². The van der Waals surface area contributed by atoms with Crippen LogP contribution in [-0.4, -0.2) is 30.7 Å². The Kier molecular flexibility index (Phi) is 7.32. The van der Waals surface area contributed by atoms with Crippen LogP contribution in [0.15, 0.2) is 34.8 Å². The van der Waals surface area contributed by atoms with E-state index in [1.807, 2.05) is 19.9 Å². The summed E-state index contributed by atoms with van der Waals surface area (Å²) in [5.41, 5.74) is 1.86. The van der Waals surface area contributed by atoms with Crippen LogP contribution in [0.5, 0.6) is 0 Å². The van der Waals surface area contributed by atoms with Gasteiger partial charge in [-0.2, -0.15) is 0 Å². The summed E-state index contributed by atoms with van der Waals surface area (Å²) in [5.74, 6) is 0.627. The van der Waals surface area contributed by atoms with Crippen molar-refractivity contribution in [2.24, 2.45) is 4.99 Å². The molecule has 0 unspecified atom stereocenters. The number of hydrogen-bond acceptors (Lipinski definition) is 4. The van der Waals surface area contributed by atoms with E-state index < -0.39 is 0 Å². The number of rotatable bonds is 4. The number of halogens is 3. The molecule has 0 saturated heterocycles. The van der Waals surface area contributed by atoms with E-state index in [-0.39, 0.29) is 12.4 Å². The van der Waals surface area contributed by atoms with Crippen molar-refractivity contribution in [2.45, 2.75) is 13.8 Å². The standard InChI is InChI=1S/C14H17Cl2N3O.ClH/c1-10(2)6-9-20-19-8-7-17-14(19)18-13-11(15)4-3-5-12(13)16;/h3-6H,7-9H2,1-2H3,(H,17,18);1H.